The molecule has 0 amide bonds. The molecule has 3 nitrogen and oxygen atoms in total. The van der Waals surface area contributed by atoms with Crippen LogP contribution in [0.15, 0.2) is 52.1 Å². The summed E-state index contributed by atoms with van der Waals surface area (Å²) in [5.41, 5.74) is 4.14. The molecule has 0 spiro atoms. The van der Waals surface area contributed by atoms with E-state index in [2.05, 4.69) is 11.9 Å². The van der Waals surface area contributed by atoms with Crippen LogP contribution in [0.25, 0.3) is 0 Å². The average molecular weight is 284 g/mol. The van der Waals surface area contributed by atoms with E-state index in [1.54, 1.807) is 13.3 Å². The number of aryl methyl sites for hydroxylation is 1. The van der Waals surface area contributed by atoms with Gasteiger partial charge in [0.1, 0.15) is 5.75 Å². The van der Waals surface area contributed by atoms with Crippen molar-refractivity contribution in [1.29, 1.82) is 0 Å². The molecule has 112 valence electrons. The number of methoxy groups -OCH3 is 1. The summed E-state index contributed by atoms with van der Waals surface area (Å²) in [4.78, 5) is 9.03. The van der Waals surface area contributed by atoms with Gasteiger partial charge >= 0.3 is 0 Å². The van der Waals surface area contributed by atoms with Crippen molar-refractivity contribution in [3.63, 3.8) is 0 Å². The van der Waals surface area contributed by atoms with Crippen LogP contribution in [0, 0.1) is 6.92 Å². The summed E-state index contributed by atoms with van der Waals surface area (Å²) in [7, 11) is 1.67. The Balaban J connectivity index is 3.13. The zero-order valence-corrected chi connectivity index (χ0v) is 13.6. The van der Waals surface area contributed by atoms with Crippen LogP contribution in [0.4, 0.5) is 5.69 Å². The largest absolute Gasteiger partial charge is 0.497 e. The van der Waals surface area contributed by atoms with Crippen LogP contribution in [0.1, 0.15) is 32.8 Å². The number of benzene rings is 1. The monoisotopic (exact) mass is 284 g/mol. The Labute approximate surface area is 127 Å². The maximum absolute atomic E-state index is 5.23. The van der Waals surface area contributed by atoms with Gasteiger partial charge in [-0.25, -0.2) is 0 Å². The summed E-state index contributed by atoms with van der Waals surface area (Å²) in [6.45, 7) is 8.09. The van der Waals surface area contributed by atoms with Gasteiger partial charge in [-0.3, -0.25) is 9.98 Å². The van der Waals surface area contributed by atoms with Crippen LogP contribution < -0.4 is 4.74 Å². The molecule has 0 heterocycles. The minimum absolute atomic E-state index is 0.852. The van der Waals surface area contributed by atoms with E-state index in [1.165, 1.54) is 0 Å². The highest BCUT2D eigenvalue weighted by Crippen LogP contribution is 2.24. The Bertz CT molecular complexity index is 581. The number of hydrogen-bond donors (Lipinski definition) is 0. The van der Waals surface area contributed by atoms with Crippen molar-refractivity contribution >= 4 is 17.6 Å². The number of allylic oxidation sites excluding steroid dienone is 3. The lowest BCUT2D eigenvalue weighted by Crippen LogP contribution is -2.02. The van der Waals surface area contributed by atoms with Crippen LogP contribution in [0.3, 0.4) is 0 Å². The van der Waals surface area contributed by atoms with Crippen molar-refractivity contribution in [2.45, 2.75) is 34.1 Å². The lowest BCUT2D eigenvalue weighted by molar-refractivity contribution is 0.414. The minimum atomic E-state index is 0.852. The quantitative estimate of drug-likeness (QED) is 0.674. The second kappa shape index (κ2) is 8.90. The van der Waals surface area contributed by atoms with E-state index in [-0.39, 0.29) is 0 Å². The number of nitrogens with zero attached hydrogens (tertiary/aromatic N) is 2. The molecule has 0 radical (unpaired) electrons. The third-order valence-electron chi connectivity index (χ3n) is 3.09. The fourth-order valence-corrected chi connectivity index (χ4v) is 1.90. The summed E-state index contributed by atoms with van der Waals surface area (Å²) in [6.07, 6.45) is 8.41. The first-order valence-electron chi connectivity index (χ1n) is 7.19. The fourth-order valence-electron chi connectivity index (χ4n) is 1.90. The second-order valence-electron chi connectivity index (χ2n) is 4.57. The number of ether oxygens (including phenoxy) is 1. The molecular weight excluding hydrogens is 260 g/mol. The SMILES string of the molecule is C\C=C/N=C/C(=C\C)C(CC)=Nc1ccc(OC)cc1C. The Hall–Kier alpha value is -2.16. The average Bonchev–Trinajstić information content (AvgIpc) is 2.51. The molecular formula is C18H24N2O. The highest BCUT2D eigenvalue weighted by molar-refractivity contribution is 6.16. The van der Waals surface area contributed by atoms with E-state index in [0.29, 0.717) is 0 Å². The van der Waals surface area contributed by atoms with Gasteiger partial charge in [0.15, 0.2) is 0 Å². The zero-order chi connectivity index (χ0) is 15.7. The summed E-state index contributed by atoms with van der Waals surface area (Å²) >= 11 is 0. The molecule has 0 fully saturated rings. The molecule has 0 N–H and O–H groups in total. The predicted molar refractivity (Wildman–Crippen MR) is 92.2 cm³/mol. The van der Waals surface area contributed by atoms with E-state index in [9.17, 15) is 0 Å². The van der Waals surface area contributed by atoms with E-state index >= 15 is 0 Å². The molecule has 0 aliphatic heterocycles. The highest BCUT2D eigenvalue weighted by Gasteiger charge is 2.04. The third kappa shape index (κ3) is 5.03. The van der Waals surface area contributed by atoms with Gasteiger partial charge in [-0.2, -0.15) is 0 Å². The first-order chi connectivity index (χ1) is 10.2. The Morgan fingerprint density at radius 3 is 2.57 bits per heavy atom. The van der Waals surface area contributed by atoms with Gasteiger partial charge in [0.05, 0.1) is 12.8 Å². The first kappa shape index (κ1) is 16.9. The van der Waals surface area contributed by atoms with Gasteiger partial charge in [0.2, 0.25) is 0 Å². The fraction of sp³-hybridized carbons (Fsp3) is 0.333. The lowest BCUT2D eigenvalue weighted by Gasteiger charge is -2.08. The molecule has 0 aromatic heterocycles. The van der Waals surface area contributed by atoms with Crippen molar-refractivity contribution in [2.75, 3.05) is 7.11 Å². The maximum atomic E-state index is 5.23. The van der Waals surface area contributed by atoms with E-state index < -0.39 is 0 Å². The number of hydrogen-bond acceptors (Lipinski definition) is 3. The van der Waals surface area contributed by atoms with Crippen LogP contribution in [0.2, 0.25) is 0 Å². The lowest BCUT2D eigenvalue weighted by atomic mass is 10.1. The van der Waals surface area contributed by atoms with Crippen molar-refractivity contribution in [3.05, 3.63) is 47.7 Å². The Kier molecular flexibility index (Phi) is 7.16. The van der Waals surface area contributed by atoms with Crippen molar-refractivity contribution in [3.8, 4) is 5.75 Å². The van der Waals surface area contributed by atoms with Crippen LogP contribution in [-0.2, 0) is 0 Å². The number of aliphatic imine (C=N–C) groups is 2. The van der Waals surface area contributed by atoms with Gasteiger partial charge in [0.25, 0.3) is 0 Å². The predicted octanol–water partition coefficient (Wildman–Crippen LogP) is 5.04. The molecule has 0 unspecified atom stereocenters. The van der Waals surface area contributed by atoms with Gasteiger partial charge in [-0.1, -0.05) is 19.1 Å². The zero-order valence-electron chi connectivity index (χ0n) is 13.6. The standard InChI is InChI=1S/C18H24N2O/c1-6-11-19-13-15(7-2)17(8-3)20-18-10-9-16(21-5)12-14(18)4/h6-7,9-13H,8H2,1-5H3/b11-6-,15-7+,19-13+,20-17?. The molecule has 21 heavy (non-hydrogen) atoms. The summed E-state index contributed by atoms with van der Waals surface area (Å²) in [5, 5.41) is 0. The normalized spacial score (nSPS) is 13.4. The van der Waals surface area contributed by atoms with Crippen LogP contribution in [0.5, 0.6) is 5.75 Å². The molecule has 1 rings (SSSR count). The van der Waals surface area contributed by atoms with Crippen molar-refractivity contribution in [2.24, 2.45) is 9.98 Å². The summed E-state index contributed by atoms with van der Waals surface area (Å²) in [6, 6.07) is 5.91. The van der Waals surface area contributed by atoms with Crippen molar-refractivity contribution < 1.29 is 4.74 Å². The smallest absolute Gasteiger partial charge is 0.119 e. The molecule has 0 aliphatic rings. The molecule has 0 saturated heterocycles. The molecule has 0 bridgehead atoms. The van der Waals surface area contributed by atoms with E-state index in [4.69, 9.17) is 9.73 Å². The van der Waals surface area contributed by atoms with Crippen LogP contribution in [-0.4, -0.2) is 19.0 Å². The molecule has 3 heteroatoms. The van der Waals surface area contributed by atoms with Crippen LogP contribution >= 0.6 is 0 Å². The van der Waals surface area contributed by atoms with Gasteiger partial charge in [-0.05, 0) is 51.0 Å². The Morgan fingerprint density at radius 2 is 2.05 bits per heavy atom. The van der Waals surface area contributed by atoms with E-state index in [1.807, 2.05) is 57.3 Å². The van der Waals surface area contributed by atoms with E-state index in [0.717, 1.165) is 34.7 Å². The summed E-state index contributed by atoms with van der Waals surface area (Å²) < 4.78 is 5.23. The van der Waals surface area contributed by atoms with Gasteiger partial charge < -0.3 is 4.74 Å². The molecule has 1 aromatic carbocycles. The third-order valence-corrected chi connectivity index (χ3v) is 3.09. The van der Waals surface area contributed by atoms with Gasteiger partial charge in [-0.15, -0.1) is 0 Å². The minimum Gasteiger partial charge on any atom is -0.497 e. The second-order valence-corrected chi connectivity index (χ2v) is 4.57. The maximum Gasteiger partial charge on any atom is 0.119 e. The van der Waals surface area contributed by atoms with Crippen molar-refractivity contribution in [1.82, 2.24) is 0 Å². The Morgan fingerprint density at radius 1 is 1.29 bits per heavy atom. The topological polar surface area (TPSA) is 34.0 Å². The number of rotatable bonds is 6. The van der Waals surface area contributed by atoms with Gasteiger partial charge in [0, 0.05) is 23.7 Å². The molecule has 1 aromatic rings. The highest BCUT2D eigenvalue weighted by atomic mass is 16.5. The first-order valence-corrected chi connectivity index (χ1v) is 7.19. The molecule has 0 atom stereocenters. The molecule has 0 saturated carbocycles. The summed E-state index contributed by atoms with van der Waals surface area (Å²) in [5.74, 6) is 0.852. The molecule has 0 aliphatic carbocycles.